The molecule has 272 valence electrons. The van der Waals surface area contributed by atoms with Crippen LogP contribution in [0.15, 0.2) is 211 Å². The molecule has 9 aromatic carbocycles. The summed E-state index contributed by atoms with van der Waals surface area (Å²) in [5.41, 5.74) is 9.80. The zero-order valence-corrected chi connectivity index (χ0v) is 31.3. The summed E-state index contributed by atoms with van der Waals surface area (Å²) in [6.45, 7) is 0. The van der Waals surface area contributed by atoms with Crippen LogP contribution < -0.4 is 4.90 Å². The Balaban J connectivity index is 0.986. The molecule has 0 radical (unpaired) electrons. The fraction of sp³-hybridized carbons (Fsp3) is 0. The van der Waals surface area contributed by atoms with Crippen LogP contribution in [-0.2, 0) is 0 Å². The van der Waals surface area contributed by atoms with E-state index >= 15 is 0 Å². The highest BCUT2D eigenvalue weighted by Crippen LogP contribution is 2.40. The van der Waals surface area contributed by atoms with Gasteiger partial charge in [-0.15, -0.1) is 0 Å². The van der Waals surface area contributed by atoms with Crippen molar-refractivity contribution in [2.24, 2.45) is 0 Å². The van der Waals surface area contributed by atoms with Crippen LogP contribution in [0.2, 0.25) is 0 Å². The van der Waals surface area contributed by atoms with E-state index in [0.717, 1.165) is 72.2 Å². The van der Waals surface area contributed by atoms with E-state index in [1.165, 1.54) is 16.2 Å². The van der Waals surface area contributed by atoms with E-state index in [0.29, 0.717) is 17.5 Å². The van der Waals surface area contributed by atoms with Gasteiger partial charge in [0.15, 0.2) is 17.5 Å². The summed E-state index contributed by atoms with van der Waals surface area (Å²) in [7, 11) is 0. The van der Waals surface area contributed by atoms with Gasteiger partial charge in [0.2, 0.25) is 0 Å². The van der Waals surface area contributed by atoms with Crippen molar-refractivity contribution in [2.45, 2.75) is 0 Å². The minimum atomic E-state index is 0.597. The Hall–Kier alpha value is -7.89. The number of anilines is 3. The summed E-state index contributed by atoms with van der Waals surface area (Å²) in [4.78, 5) is 17.5. The largest absolute Gasteiger partial charge is 0.456 e. The van der Waals surface area contributed by atoms with Crippen LogP contribution in [0, 0.1) is 0 Å². The molecule has 0 atom stereocenters. The second-order valence-electron chi connectivity index (χ2n) is 14.5. The zero-order chi connectivity index (χ0) is 38.4. The molecule has 0 aliphatic carbocycles. The Bertz CT molecular complexity index is 3280. The lowest BCUT2D eigenvalue weighted by molar-refractivity contribution is 0.669. The second kappa shape index (κ2) is 14.0. The second-order valence-corrected chi connectivity index (χ2v) is 14.5. The first kappa shape index (κ1) is 33.4. The smallest absolute Gasteiger partial charge is 0.164 e. The Morgan fingerprint density at radius 3 is 1.66 bits per heavy atom. The molecule has 11 aromatic rings. The van der Waals surface area contributed by atoms with Gasteiger partial charge >= 0.3 is 0 Å². The number of benzene rings is 9. The van der Waals surface area contributed by atoms with Crippen molar-refractivity contribution in [3.8, 4) is 45.3 Å². The van der Waals surface area contributed by atoms with Crippen molar-refractivity contribution in [1.82, 2.24) is 15.0 Å². The molecule has 0 aliphatic rings. The van der Waals surface area contributed by atoms with Gasteiger partial charge in [-0.25, -0.2) is 15.0 Å². The normalized spacial score (nSPS) is 11.4. The Morgan fingerprint density at radius 2 is 0.897 bits per heavy atom. The molecule has 0 fully saturated rings. The highest BCUT2D eigenvalue weighted by Gasteiger charge is 2.19. The van der Waals surface area contributed by atoms with E-state index in [9.17, 15) is 0 Å². The number of aromatic nitrogens is 3. The van der Waals surface area contributed by atoms with Crippen LogP contribution in [0.3, 0.4) is 0 Å². The summed E-state index contributed by atoms with van der Waals surface area (Å²) >= 11 is 0. The fourth-order valence-electron chi connectivity index (χ4n) is 8.00. The Morgan fingerprint density at radius 1 is 0.328 bits per heavy atom. The monoisotopic (exact) mass is 742 g/mol. The standard InChI is InChI=1S/C53H34N4O/c1-3-14-38(15-4-1)51-54-52(42-23-22-35-12-7-9-16-39(35)32-42)56-53(55-51)47-20-11-21-48-50(47)46-31-27-41(34-49(46)58-48)37-24-28-44(29-25-37)57(43-18-5-2-6-19-43)45-30-26-36-13-8-10-17-40(36)33-45/h1-34H. The number of fused-ring (bicyclic) bond motifs is 5. The molecule has 5 heteroatoms. The summed E-state index contributed by atoms with van der Waals surface area (Å²) < 4.78 is 6.59. The van der Waals surface area contributed by atoms with Crippen LogP contribution in [-0.4, -0.2) is 15.0 Å². The van der Waals surface area contributed by atoms with Crippen molar-refractivity contribution < 1.29 is 4.42 Å². The van der Waals surface area contributed by atoms with E-state index in [-0.39, 0.29) is 0 Å². The van der Waals surface area contributed by atoms with Crippen LogP contribution in [0.1, 0.15) is 0 Å². The Labute approximate surface area is 335 Å². The van der Waals surface area contributed by atoms with E-state index in [4.69, 9.17) is 19.4 Å². The highest BCUT2D eigenvalue weighted by molar-refractivity contribution is 6.12. The van der Waals surface area contributed by atoms with Crippen LogP contribution in [0.4, 0.5) is 17.1 Å². The average molecular weight is 743 g/mol. The number of hydrogen-bond acceptors (Lipinski definition) is 5. The van der Waals surface area contributed by atoms with Crippen molar-refractivity contribution >= 4 is 60.5 Å². The van der Waals surface area contributed by atoms with Crippen molar-refractivity contribution in [3.05, 3.63) is 206 Å². The van der Waals surface area contributed by atoms with Gasteiger partial charge in [0.25, 0.3) is 0 Å². The van der Waals surface area contributed by atoms with Gasteiger partial charge in [-0.1, -0.05) is 146 Å². The van der Waals surface area contributed by atoms with Crippen LogP contribution in [0.5, 0.6) is 0 Å². The first-order valence-electron chi connectivity index (χ1n) is 19.4. The van der Waals surface area contributed by atoms with Gasteiger partial charge in [-0.05, 0) is 93.3 Å². The molecular weight excluding hydrogens is 709 g/mol. The molecular formula is C53H34N4O. The summed E-state index contributed by atoms with van der Waals surface area (Å²) in [6.07, 6.45) is 0. The topological polar surface area (TPSA) is 55.1 Å². The number of hydrogen-bond donors (Lipinski definition) is 0. The van der Waals surface area contributed by atoms with Gasteiger partial charge in [-0.2, -0.15) is 0 Å². The SMILES string of the molecule is c1ccc(-c2nc(-c3ccc4ccccc4c3)nc(-c3cccc4oc5cc(-c6ccc(N(c7ccccc7)c7ccc8ccccc8c7)cc6)ccc5c34)n2)cc1. The predicted octanol–water partition coefficient (Wildman–Crippen LogP) is 14.2. The highest BCUT2D eigenvalue weighted by atomic mass is 16.3. The molecule has 2 heterocycles. The lowest BCUT2D eigenvalue weighted by Crippen LogP contribution is -2.09. The fourth-order valence-corrected chi connectivity index (χ4v) is 8.00. The molecule has 0 N–H and O–H groups in total. The van der Waals surface area contributed by atoms with Gasteiger partial charge in [0.1, 0.15) is 11.2 Å². The molecule has 0 amide bonds. The maximum atomic E-state index is 6.59. The number of rotatable bonds is 7. The van der Waals surface area contributed by atoms with Crippen LogP contribution in [0.25, 0.3) is 88.8 Å². The molecule has 58 heavy (non-hydrogen) atoms. The van der Waals surface area contributed by atoms with Crippen molar-refractivity contribution in [2.75, 3.05) is 4.90 Å². The average Bonchev–Trinajstić information content (AvgIpc) is 3.68. The van der Waals surface area contributed by atoms with E-state index in [1.807, 2.05) is 42.5 Å². The van der Waals surface area contributed by atoms with E-state index in [1.54, 1.807) is 0 Å². The summed E-state index contributed by atoms with van der Waals surface area (Å²) in [5, 5.41) is 6.71. The lowest BCUT2D eigenvalue weighted by atomic mass is 10.0. The van der Waals surface area contributed by atoms with Crippen molar-refractivity contribution in [3.63, 3.8) is 0 Å². The van der Waals surface area contributed by atoms with Crippen molar-refractivity contribution in [1.29, 1.82) is 0 Å². The van der Waals surface area contributed by atoms with Gasteiger partial charge in [-0.3, -0.25) is 0 Å². The number of para-hydroxylation sites is 1. The minimum Gasteiger partial charge on any atom is -0.456 e. The summed E-state index contributed by atoms with van der Waals surface area (Å²) in [5.74, 6) is 1.84. The minimum absolute atomic E-state index is 0.597. The Kier molecular flexibility index (Phi) is 8.07. The van der Waals surface area contributed by atoms with Gasteiger partial charge < -0.3 is 9.32 Å². The first-order chi connectivity index (χ1) is 28.7. The van der Waals surface area contributed by atoms with E-state index < -0.39 is 0 Å². The molecule has 0 unspecified atom stereocenters. The predicted molar refractivity (Wildman–Crippen MR) is 239 cm³/mol. The number of nitrogens with zero attached hydrogens (tertiary/aromatic N) is 4. The molecule has 0 spiro atoms. The van der Waals surface area contributed by atoms with Crippen LogP contribution >= 0.6 is 0 Å². The maximum Gasteiger partial charge on any atom is 0.164 e. The zero-order valence-electron chi connectivity index (χ0n) is 31.3. The molecule has 0 bridgehead atoms. The molecule has 2 aromatic heterocycles. The van der Waals surface area contributed by atoms with E-state index in [2.05, 4.69) is 169 Å². The molecule has 0 saturated heterocycles. The number of furan rings is 1. The molecule has 0 saturated carbocycles. The lowest BCUT2D eigenvalue weighted by Gasteiger charge is -2.26. The third-order valence-corrected chi connectivity index (χ3v) is 10.9. The third kappa shape index (κ3) is 6.03. The molecule has 5 nitrogen and oxygen atoms in total. The quantitative estimate of drug-likeness (QED) is 0.163. The molecule has 11 rings (SSSR count). The molecule has 0 aliphatic heterocycles. The van der Waals surface area contributed by atoms with Gasteiger partial charge in [0.05, 0.1) is 0 Å². The first-order valence-corrected chi connectivity index (χ1v) is 19.4. The summed E-state index contributed by atoms with van der Waals surface area (Å²) in [6, 6.07) is 71.7. The van der Waals surface area contributed by atoms with Gasteiger partial charge in [0, 0.05) is 44.5 Å². The third-order valence-electron chi connectivity index (χ3n) is 10.9. The maximum absolute atomic E-state index is 6.59.